The summed E-state index contributed by atoms with van der Waals surface area (Å²) in [5.41, 5.74) is 0. The predicted octanol–water partition coefficient (Wildman–Crippen LogP) is 13.2. The lowest BCUT2D eigenvalue weighted by Crippen LogP contribution is -2.61. The van der Waals surface area contributed by atoms with Crippen LogP contribution < -0.4 is 5.32 Å². The zero-order valence-electron chi connectivity index (χ0n) is 45.8. The van der Waals surface area contributed by atoms with Gasteiger partial charge in [-0.25, -0.2) is 0 Å². The first-order valence-electron chi connectivity index (χ1n) is 29.2. The number of nitrogens with one attached hydrogen (secondary N) is 1. The molecule has 8 unspecified atom stereocenters. The van der Waals surface area contributed by atoms with Crippen LogP contribution in [0.15, 0.2) is 72.9 Å². The number of carbonyl (C=O) groups excluding carboxylic acids is 2. The molecule has 1 saturated heterocycles. The van der Waals surface area contributed by atoms with Gasteiger partial charge in [0.1, 0.15) is 24.4 Å². The van der Waals surface area contributed by atoms with Crippen LogP contribution in [0.25, 0.3) is 0 Å². The summed E-state index contributed by atoms with van der Waals surface area (Å²) in [5, 5.41) is 56.8. The van der Waals surface area contributed by atoms with Crippen molar-refractivity contribution in [2.24, 2.45) is 0 Å². The lowest BCUT2D eigenvalue weighted by molar-refractivity contribution is -0.305. The molecule has 0 aromatic heterocycles. The topological polar surface area (TPSA) is 175 Å². The Morgan fingerprint density at radius 2 is 0.972 bits per heavy atom. The van der Waals surface area contributed by atoms with E-state index in [1.165, 1.54) is 89.9 Å². The van der Waals surface area contributed by atoms with Gasteiger partial charge in [-0.2, -0.15) is 0 Å². The van der Waals surface area contributed by atoms with E-state index in [0.29, 0.717) is 12.8 Å². The van der Waals surface area contributed by atoms with Crippen LogP contribution in [0.5, 0.6) is 0 Å². The minimum absolute atomic E-state index is 0.108. The van der Waals surface area contributed by atoms with Crippen LogP contribution in [-0.4, -0.2) is 99.6 Å². The zero-order valence-corrected chi connectivity index (χ0v) is 45.8. The van der Waals surface area contributed by atoms with Crippen molar-refractivity contribution in [2.75, 3.05) is 13.2 Å². The molecule has 1 aliphatic rings. The molecule has 11 heteroatoms. The van der Waals surface area contributed by atoms with Crippen molar-refractivity contribution in [3.63, 3.8) is 0 Å². The Labute approximate surface area is 439 Å². The van der Waals surface area contributed by atoms with E-state index < -0.39 is 67.4 Å². The summed E-state index contributed by atoms with van der Waals surface area (Å²) in [7, 11) is 0. The first kappa shape index (κ1) is 67.1. The number of esters is 1. The first-order valence-corrected chi connectivity index (χ1v) is 29.2. The van der Waals surface area contributed by atoms with Crippen molar-refractivity contribution in [1.82, 2.24) is 5.32 Å². The molecule has 0 aliphatic carbocycles. The smallest absolute Gasteiger partial charge is 0.306 e. The molecule has 1 aliphatic heterocycles. The number of carbonyl (C=O) groups is 2. The standard InChI is InChI=1S/C61H107NO10/c1-4-7-10-13-16-19-22-24-25-26-27-28-29-30-31-34-36-39-42-45-48-54(65)60(69)62-52(53(64)47-44-41-38-35-33-23-20-17-14-11-8-5-2)51-70-61-59(58(68)57(67)55(50-63)71-61)72-56(66)49-46-43-40-37-32-21-18-15-12-9-6-3/h15-16,18-19,24-25,27-28,30-31,44,47,52-55,57-59,61,63-65,67-68H,4-14,17,20-23,26,29,32-43,45-46,48-51H2,1-3H3,(H,62,69)/b18-15-,19-16-,25-24-,28-27-,31-30-,47-44+. The molecule has 0 bridgehead atoms. The Morgan fingerprint density at radius 1 is 0.542 bits per heavy atom. The second kappa shape index (κ2) is 49.0. The van der Waals surface area contributed by atoms with Gasteiger partial charge in [0.15, 0.2) is 12.4 Å². The first-order chi connectivity index (χ1) is 35.2. The van der Waals surface area contributed by atoms with Crippen molar-refractivity contribution in [3.05, 3.63) is 72.9 Å². The molecule has 0 spiro atoms. The van der Waals surface area contributed by atoms with E-state index in [4.69, 9.17) is 14.2 Å². The molecule has 11 nitrogen and oxygen atoms in total. The number of hydrogen-bond acceptors (Lipinski definition) is 10. The molecule has 0 saturated carbocycles. The summed E-state index contributed by atoms with van der Waals surface area (Å²) in [6.07, 6.45) is 50.9. The van der Waals surface area contributed by atoms with Gasteiger partial charge in [0.2, 0.25) is 5.91 Å². The number of ether oxygens (including phenoxy) is 3. The highest BCUT2D eigenvalue weighted by atomic mass is 16.7. The van der Waals surface area contributed by atoms with Gasteiger partial charge in [0, 0.05) is 6.42 Å². The monoisotopic (exact) mass is 1010 g/mol. The number of allylic oxidation sites excluding steroid dienone is 11. The van der Waals surface area contributed by atoms with Gasteiger partial charge >= 0.3 is 5.97 Å². The second-order valence-electron chi connectivity index (χ2n) is 20.0. The van der Waals surface area contributed by atoms with Crippen LogP contribution in [0, 0.1) is 0 Å². The summed E-state index contributed by atoms with van der Waals surface area (Å²) >= 11 is 0. The van der Waals surface area contributed by atoms with Crippen LogP contribution in [-0.2, 0) is 23.8 Å². The average Bonchev–Trinajstić information content (AvgIpc) is 3.38. The van der Waals surface area contributed by atoms with E-state index in [2.05, 4.69) is 86.8 Å². The summed E-state index contributed by atoms with van der Waals surface area (Å²) in [5.74, 6) is -1.23. The van der Waals surface area contributed by atoms with Crippen LogP contribution in [0.1, 0.15) is 239 Å². The van der Waals surface area contributed by atoms with E-state index in [9.17, 15) is 35.1 Å². The minimum Gasteiger partial charge on any atom is -0.454 e. The van der Waals surface area contributed by atoms with Crippen LogP contribution >= 0.6 is 0 Å². The Morgan fingerprint density at radius 3 is 1.51 bits per heavy atom. The lowest BCUT2D eigenvalue weighted by atomic mass is 9.99. The molecule has 1 amide bonds. The third kappa shape index (κ3) is 36.9. The van der Waals surface area contributed by atoms with Gasteiger partial charge in [-0.3, -0.25) is 9.59 Å². The van der Waals surface area contributed by atoms with E-state index in [-0.39, 0.29) is 19.4 Å². The maximum atomic E-state index is 13.4. The highest BCUT2D eigenvalue weighted by molar-refractivity contribution is 5.80. The second-order valence-corrected chi connectivity index (χ2v) is 20.0. The number of aliphatic hydroxyl groups is 5. The molecule has 8 atom stereocenters. The third-order valence-electron chi connectivity index (χ3n) is 13.3. The number of rotatable bonds is 48. The zero-order chi connectivity index (χ0) is 52.5. The molecule has 1 heterocycles. The molecular weight excluding hydrogens is 907 g/mol. The summed E-state index contributed by atoms with van der Waals surface area (Å²) in [4.78, 5) is 26.4. The van der Waals surface area contributed by atoms with Crippen LogP contribution in [0.2, 0.25) is 0 Å². The van der Waals surface area contributed by atoms with Crippen molar-refractivity contribution < 1.29 is 49.3 Å². The van der Waals surface area contributed by atoms with Gasteiger partial charge in [0.25, 0.3) is 0 Å². The molecule has 0 radical (unpaired) electrons. The van der Waals surface area contributed by atoms with Gasteiger partial charge < -0.3 is 45.1 Å². The largest absolute Gasteiger partial charge is 0.454 e. The number of amides is 1. The molecule has 0 aromatic carbocycles. The highest BCUT2D eigenvalue weighted by Gasteiger charge is 2.47. The van der Waals surface area contributed by atoms with Gasteiger partial charge in [-0.1, -0.05) is 216 Å². The molecule has 1 rings (SSSR count). The van der Waals surface area contributed by atoms with Crippen molar-refractivity contribution in [3.8, 4) is 0 Å². The number of hydrogen-bond donors (Lipinski definition) is 6. The Hall–Kier alpha value is -2.90. The van der Waals surface area contributed by atoms with Crippen LogP contribution in [0.3, 0.4) is 0 Å². The quantitative estimate of drug-likeness (QED) is 0.0195. The minimum atomic E-state index is -1.62. The van der Waals surface area contributed by atoms with Crippen LogP contribution in [0.4, 0.5) is 0 Å². The maximum absolute atomic E-state index is 13.4. The summed E-state index contributed by atoms with van der Waals surface area (Å²) in [6.45, 7) is 5.68. The van der Waals surface area contributed by atoms with E-state index in [1.54, 1.807) is 6.08 Å². The highest BCUT2D eigenvalue weighted by Crippen LogP contribution is 2.26. The van der Waals surface area contributed by atoms with Gasteiger partial charge in [0.05, 0.1) is 25.4 Å². The molecular formula is C61H107NO10. The van der Waals surface area contributed by atoms with Crippen molar-refractivity contribution >= 4 is 11.9 Å². The molecule has 416 valence electrons. The maximum Gasteiger partial charge on any atom is 0.306 e. The summed E-state index contributed by atoms with van der Waals surface area (Å²) in [6, 6.07) is -1.04. The molecule has 6 N–H and O–H groups in total. The SMILES string of the molecule is CCCC/C=C\CCCCCCCC(=O)OC1C(OCC(NC(=O)C(O)CCCCCC/C=C\C/C=C\C/C=C\C/C=C\CCCCC)C(O)/C=C/CCCCCCCCCCCC)OC(CO)C(O)C1O. The molecule has 72 heavy (non-hydrogen) atoms. The number of aliphatic hydroxyl groups excluding tert-OH is 5. The fourth-order valence-electron chi connectivity index (χ4n) is 8.61. The van der Waals surface area contributed by atoms with E-state index in [1.807, 2.05) is 6.08 Å². The predicted molar refractivity (Wildman–Crippen MR) is 296 cm³/mol. The Bertz CT molecular complexity index is 1440. The Balaban J connectivity index is 2.73. The van der Waals surface area contributed by atoms with E-state index >= 15 is 0 Å². The molecule has 0 aromatic rings. The normalized spacial score (nSPS) is 20.0. The fraction of sp³-hybridized carbons (Fsp3) is 0.770. The van der Waals surface area contributed by atoms with Gasteiger partial charge in [-0.05, 0) is 89.9 Å². The average molecular weight is 1010 g/mol. The lowest BCUT2D eigenvalue weighted by Gasteiger charge is -2.41. The molecule has 1 fully saturated rings. The summed E-state index contributed by atoms with van der Waals surface area (Å²) < 4.78 is 17.5. The van der Waals surface area contributed by atoms with Crippen molar-refractivity contribution in [1.29, 1.82) is 0 Å². The van der Waals surface area contributed by atoms with Gasteiger partial charge in [-0.15, -0.1) is 0 Å². The Kier molecular flexibility index (Phi) is 45.7. The third-order valence-corrected chi connectivity index (χ3v) is 13.3. The van der Waals surface area contributed by atoms with Crippen molar-refractivity contribution in [2.45, 2.75) is 288 Å². The van der Waals surface area contributed by atoms with E-state index in [0.717, 1.165) is 103 Å². The fourth-order valence-corrected chi connectivity index (χ4v) is 8.61. The number of unbranched alkanes of at least 4 members (excludes halogenated alkanes) is 24.